The van der Waals surface area contributed by atoms with Crippen LogP contribution in [0.4, 0.5) is 47.3 Å². The Morgan fingerprint density at radius 2 is 1.33 bits per heavy atom. The molecule has 42 heavy (non-hydrogen) atoms. The molecular formula is C25H25F3N6O7S. The second-order valence-corrected chi connectivity index (χ2v) is 9.79. The molecule has 3 aromatic carbocycles. The number of rotatable bonds is 13. The number of benzene rings is 3. The maximum absolute atomic E-state index is 12.5. The van der Waals surface area contributed by atoms with Crippen molar-refractivity contribution >= 4 is 44.2 Å². The first-order valence-electron chi connectivity index (χ1n) is 12.0. The summed E-state index contributed by atoms with van der Waals surface area (Å²) in [6.45, 7) is 1.35. The van der Waals surface area contributed by atoms with Crippen LogP contribution in [-0.4, -0.2) is 52.8 Å². The van der Waals surface area contributed by atoms with E-state index in [2.05, 4.69) is 24.6 Å². The van der Waals surface area contributed by atoms with Crippen LogP contribution in [0.1, 0.15) is 6.92 Å². The molecule has 0 bridgehead atoms. The fraction of sp³-hybridized carbons (Fsp3) is 0.280. The van der Waals surface area contributed by atoms with Gasteiger partial charge >= 0.3 is 15.6 Å². The Balaban J connectivity index is 1.73. The highest BCUT2D eigenvalue weighted by Gasteiger charge is 2.47. The third-order valence-electron chi connectivity index (χ3n) is 5.57. The number of nitrogens with zero attached hydrogens (tertiary/aromatic N) is 6. The minimum absolute atomic E-state index is 0.0765. The van der Waals surface area contributed by atoms with Gasteiger partial charge in [-0.25, -0.2) is 0 Å². The zero-order valence-electron chi connectivity index (χ0n) is 22.5. The van der Waals surface area contributed by atoms with Crippen LogP contribution in [-0.2, 0) is 14.3 Å². The van der Waals surface area contributed by atoms with Gasteiger partial charge in [-0.1, -0.05) is 0 Å². The van der Waals surface area contributed by atoms with E-state index < -0.39 is 27.2 Å². The van der Waals surface area contributed by atoms with Crippen molar-refractivity contribution in [1.82, 2.24) is 0 Å². The molecular weight excluding hydrogens is 585 g/mol. The smallest absolute Gasteiger partial charge is 0.494 e. The number of methoxy groups -OCH3 is 2. The van der Waals surface area contributed by atoms with Crippen LogP contribution >= 0.6 is 0 Å². The molecule has 0 atom stereocenters. The number of anilines is 1. The molecule has 0 amide bonds. The van der Waals surface area contributed by atoms with Crippen molar-refractivity contribution in [2.75, 3.05) is 38.8 Å². The van der Waals surface area contributed by atoms with E-state index in [4.69, 9.17) is 9.47 Å². The summed E-state index contributed by atoms with van der Waals surface area (Å²) in [6.07, 6.45) is 0. The third-order valence-corrected chi connectivity index (χ3v) is 6.61. The first kappa shape index (κ1) is 31.9. The second kappa shape index (κ2) is 13.8. The summed E-state index contributed by atoms with van der Waals surface area (Å²) in [4.78, 5) is 11.9. The van der Waals surface area contributed by atoms with Crippen LogP contribution in [0.3, 0.4) is 0 Å². The molecule has 0 saturated carbocycles. The zero-order valence-corrected chi connectivity index (χ0v) is 23.3. The molecule has 0 aliphatic heterocycles. The Bertz CT molecular complexity index is 1550. The molecule has 0 heterocycles. The lowest BCUT2D eigenvalue weighted by molar-refractivity contribution is -0.384. The molecule has 0 aromatic heterocycles. The van der Waals surface area contributed by atoms with Gasteiger partial charge in [0.25, 0.3) is 5.69 Å². The van der Waals surface area contributed by atoms with Crippen LogP contribution < -0.4 is 14.4 Å². The lowest BCUT2D eigenvalue weighted by atomic mass is 10.2. The molecule has 0 unspecified atom stereocenters. The van der Waals surface area contributed by atoms with Crippen LogP contribution in [0.5, 0.6) is 11.5 Å². The van der Waals surface area contributed by atoms with Gasteiger partial charge in [-0.2, -0.15) is 31.8 Å². The van der Waals surface area contributed by atoms with Crippen molar-refractivity contribution in [2.45, 2.75) is 12.4 Å². The molecule has 17 heteroatoms. The number of ether oxygens (including phenoxy) is 2. The van der Waals surface area contributed by atoms with E-state index in [1.807, 2.05) is 0 Å². The Morgan fingerprint density at radius 3 is 1.74 bits per heavy atom. The number of non-ortho nitro benzene ring substituents is 1. The molecule has 13 nitrogen and oxygen atoms in total. The van der Waals surface area contributed by atoms with Gasteiger partial charge in [0.2, 0.25) is 0 Å². The number of nitro benzene ring substituents is 1. The van der Waals surface area contributed by atoms with Crippen molar-refractivity contribution in [3.05, 3.63) is 70.8 Å². The minimum Gasteiger partial charge on any atom is -0.494 e. The van der Waals surface area contributed by atoms with Gasteiger partial charge in [-0.3, -0.25) is 14.3 Å². The number of halogens is 3. The van der Waals surface area contributed by atoms with Gasteiger partial charge < -0.3 is 14.4 Å². The van der Waals surface area contributed by atoms with E-state index in [9.17, 15) is 31.7 Å². The molecule has 0 aliphatic carbocycles. The third kappa shape index (κ3) is 8.20. The first-order valence-corrected chi connectivity index (χ1v) is 13.4. The number of hydrogen-bond acceptors (Lipinski definition) is 12. The average Bonchev–Trinajstić information content (AvgIpc) is 2.97. The van der Waals surface area contributed by atoms with E-state index in [1.165, 1.54) is 50.6 Å². The van der Waals surface area contributed by atoms with E-state index in [-0.39, 0.29) is 12.2 Å². The standard InChI is InChI=1S/C25H25F3N6O7S/c1-4-33(13-14-41-42(37,38)25(26,27)28)19-9-5-17(6-10-19)29-31-21-15-24(40-3)22(16-23(21)39-2)32-30-18-7-11-20(12-8-18)34(35)36/h5-12,15-16H,4,13-14H2,1-3H3/b31-29+,32-30+. The lowest BCUT2D eigenvalue weighted by Crippen LogP contribution is -2.31. The minimum atomic E-state index is -5.66. The van der Waals surface area contributed by atoms with Gasteiger partial charge in [0.1, 0.15) is 22.9 Å². The van der Waals surface area contributed by atoms with Crippen molar-refractivity contribution < 1.29 is 40.2 Å². The number of likely N-dealkylation sites (N-methyl/N-ethyl adjacent to an activating group) is 1. The normalized spacial score (nSPS) is 12.1. The number of nitro groups is 1. The fourth-order valence-electron chi connectivity index (χ4n) is 3.41. The molecule has 0 spiro atoms. The van der Waals surface area contributed by atoms with Crippen LogP contribution in [0.15, 0.2) is 81.1 Å². The topological polar surface area (TPSA) is 158 Å². The molecule has 224 valence electrons. The van der Waals surface area contributed by atoms with Gasteiger partial charge in [0.15, 0.2) is 0 Å². The summed E-state index contributed by atoms with van der Waals surface area (Å²) in [5, 5.41) is 27.4. The summed E-state index contributed by atoms with van der Waals surface area (Å²) in [6, 6.07) is 15.1. The maximum atomic E-state index is 12.5. The zero-order chi connectivity index (χ0) is 30.9. The monoisotopic (exact) mass is 610 g/mol. The SMILES string of the molecule is CCN(CCOS(=O)(=O)C(F)(F)F)c1ccc(/N=N/c2cc(OC)c(/N=N/c3ccc([N+](=O)[O-])cc3)cc2OC)cc1. The summed E-state index contributed by atoms with van der Waals surface area (Å²) in [5.41, 5.74) is -3.52. The molecule has 0 N–H and O–H groups in total. The van der Waals surface area contributed by atoms with E-state index >= 15 is 0 Å². The lowest BCUT2D eigenvalue weighted by Gasteiger charge is -2.23. The molecule has 3 rings (SSSR count). The Morgan fingerprint density at radius 1 is 0.857 bits per heavy atom. The van der Waals surface area contributed by atoms with Gasteiger partial charge in [-0.15, -0.1) is 10.2 Å². The molecule has 3 aromatic rings. The highest BCUT2D eigenvalue weighted by atomic mass is 32.2. The van der Waals surface area contributed by atoms with Crippen molar-refractivity contribution in [1.29, 1.82) is 0 Å². The van der Waals surface area contributed by atoms with Crippen LogP contribution in [0.25, 0.3) is 0 Å². The van der Waals surface area contributed by atoms with Crippen LogP contribution in [0, 0.1) is 10.1 Å². The van der Waals surface area contributed by atoms with Gasteiger partial charge in [-0.05, 0) is 43.3 Å². The fourth-order valence-corrected chi connectivity index (χ4v) is 3.84. The molecule has 0 radical (unpaired) electrons. The summed E-state index contributed by atoms with van der Waals surface area (Å²) >= 11 is 0. The molecule has 0 saturated heterocycles. The number of azo groups is 2. The highest BCUT2D eigenvalue weighted by Crippen LogP contribution is 2.41. The quantitative estimate of drug-likeness (QED) is 0.0650. The van der Waals surface area contributed by atoms with Gasteiger partial charge in [0.05, 0.1) is 37.1 Å². The Labute approximate surface area is 238 Å². The summed E-state index contributed by atoms with van der Waals surface area (Å²) < 4.78 is 74.4. The van der Waals surface area contributed by atoms with Gasteiger partial charge in [0, 0.05) is 43.0 Å². The first-order chi connectivity index (χ1) is 19.9. The van der Waals surface area contributed by atoms with Crippen LogP contribution in [0.2, 0.25) is 0 Å². The number of hydrogen-bond donors (Lipinski definition) is 0. The Hall–Kier alpha value is -4.64. The average molecular weight is 611 g/mol. The van der Waals surface area contributed by atoms with Crippen molar-refractivity contribution in [3.8, 4) is 11.5 Å². The summed E-state index contributed by atoms with van der Waals surface area (Å²) in [5.74, 6) is 0.610. The summed E-state index contributed by atoms with van der Waals surface area (Å²) in [7, 11) is -2.81. The second-order valence-electron chi connectivity index (χ2n) is 8.19. The molecule has 0 fully saturated rings. The maximum Gasteiger partial charge on any atom is 0.523 e. The highest BCUT2D eigenvalue weighted by molar-refractivity contribution is 7.87. The Kier molecular flexibility index (Phi) is 10.5. The largest absolute Gasteiger partial charge is 0.523 e. The predicted octanol–water partition coefficient (Wildman–Crippen LogP) is 7.14. The van der Waals surface area contributed by atoms with Crippen molar-refractivity contribution in [2.24, 2.45) is 20.5 Å². The van der Waals surface area contributed by atoms with E-state index in [0.717, 1.165) is 0 Å². The predicted molar refractivity (Wildman–Crippen MR) is 146 cm³/mol. The van der Waals surface area contributed by atoms with Crippen molar-refractivity contribution in [3.63, 3.8) is 0 Å². The van der Waals surface area contributed by atoms with E-state index in [1.54, 1.807) is 36.1 Å². The molecule has 0 aliphatic rings. The number of alkyl halides is 3. The van der Waals surface area contributed by atoms with E-state index in [0.29, 0.717) is 46.5 Å².